The summed E-state index contributed by atoms with van der Waals surface area (Å²) in [6.45, 7) is 1.28. The number of rotatable bonds is 4. The molecular weight excluding hydrogens is 192 g/mol. The third-order valence-electron chi connectivity index (χ3n) is 2.89. The quantitative estimate of drug-likeness (QED) is 0.697. The van der Waals surface area contributed by atoms with Crippen LogP contribution < -0.4 is 5.73 Å². The molecule has 0 bridgehead atoms. The molecule has 0 aliphatic heterocycles. The van der Waals surface area contributed by atoms with Crippen molar-refractivity contribution in [1.82, 2.24) is 4.90 Å². The first-order chi connectivity index (χ1) is 7.09. The SMILES string of the molecule is CN(C)CCOC(=O)[C@H]1CC[C@H](N)CC1. The molecule has 1 aliphatic carbocycles. The number of carbonyl (C=O) groups is 1. The van der Waals surface area contributed by atoms with Gasteiger partial charge in [0.1, 0.15) is 6.61 Å². The molecule has 2 N–H and O–H groups in total. The Labute approximate surface area is 91.8 Å². The minimum atomic E-state index is -0.0382. The second-order valence-electron chi connectivity index (χ2n) is 4.58. The predicted molar refractivity (Wildman–Crippen MR) is 59.4 cm³/mol. The summed E-state index contributed by atoms with van der Waals surface area (Å²) in [7, 11) is 3.93. The molecule has 15 heavy (non-hydrogen) atoms. The van der Waals surface area contributed by atoms with E-state index in [0.717, 1.165) is 32.2 Å². The van der Waals surface area contributed by atoms with Gasteiger partial charge in [0.15, 0.2) is 0 Å². The number of esters is 1. The molecule has 0 unspecified atom stereocenters. The average Bonchev–Trinajstić information content (AvgIpc) is 2.18. The molecule has 0 aromatic rings. The van der Waals surface area contributed by atoms with E-state index < -0.39 is 0 Å². The van der Waals surface area contributed by atoms with Gasteiger partial charge in [0.25, 0.3) is 0 Å². The van der Waals surface area contributed by atoms with E-state index in [2.05, 4.69) is 0 Å². The number of nitrogens with two attached hydrogens (primary N) is 1. The molecular formula is C11H22N2O2. The Bertz CT molecular complexity index is 199. The van der Waals surface area contributed by atoms with Crippen molar-refractivity contribution >= 4 is 5.97 Å². The van der Waals surface area contributed by atoms with Crippen molar-refractivity contribution in [3.63, 3.8) is 0 Å². The number of likely N-dealkylation sites (N-methyl/N-ethyl adjacent to an activating group) is 1. The summed E-state index contributed by atoms with van der Waals surface area (Å²) in [6, 6.07) is 0.288. The zero-order chi connectivity index (χ0) is 11.3. The minimum absolute atomic E-state index is 0.0382. The maximum Gasteiger partial charge on any atom is 0.308 e. The highest BCUT2D eigenvalue weighted by Crippen LogP contribution is 2.24. The highest BCUT2D eigenvalue weighted by Gasteiger charge is 2.25. The third kappa shape index (κ3) is 4.62. The van der Waals surface area contributed by atoms with Crippen LogP contribution >= 0.6 is 0 Å². The van der Waals surface area contributed by atoms with Gasteiger partial charge in [-0.15, -0.1) is 0 Å². The smallest absolute Gasteiger partial charge is 0.308 e. The van der Waals surface area contributed by atoms with Crippen molar-refractivity contribution in [2.45, 2.75) is 31.7 Å². The lowest BCUT2D eigenvalue weighted by Crippen LogP contribution is -2.31. The summed E-state index contributed by atoms with van der Waals surface area (Å²) in [4.78, 5) is 13.6. The van der Waals surface area contributed by atoms with Gasteiger partial charge in [0.05, 0.1) is 5.92 Å². The third-order valence-corrected chi connectivity index (χ3v) is 2.89. The Balaban J connectivity index is 2.17. The highest BCUT2D eigenvalue weighted by atomic mass is 16.5. The molecule has 4 heteroatoms. The van der Waals surface area contributed by atoms with Gasteiger partial charge in [-0.05, 0) is 39.8 Å². The van der Waals surface area contributed by atoms with Crippen LogP contribution in [0.2, 0.25) is 0 Å². The van der Waals surface area contributed by atoms with Crippen molar-refractivity contribution in [3.8, 4) is 0 Å². The van der Waals surface area contributed by atoms with E-state index in [4.69, 9.17) is 10.5 Å². The maximum absolute atomic E-state index is 11.6. The van der Waals surface area contributed by atoms with E-state index in [0.29, 0.717) is 6.61 Å². The Morgan fingerprint density at radius 3 is 2.47 bits per heavy atom. The first-order valence-electron chi connectivity index (χ1n) is 5.66. The van der Waals surface area contributed by atoms with Gasteiger partial charge in [-0.3, -0.25) is 4.79 Å². The monoisotopic (exact) mass is 214 g/mol. The van der Waals surface area contributed by atoms with E-state index in [9.17, 15) is 4.79 Å². The van der Waals surface area contributed by atoms with Gasteiger partial charge in [-0.2, -0.15) is 0 Å². The summed E-state index contributed by atoms with van der Waals surface area (Å²) < 4.78 is 5.21. The lowest BCUT2D eigenvalue weighted by molar-refractivity contribution is -0.150. The van der Waals surface area contributed by atoms with Crippen LogP contribution in [-0.4, -0.2) is 44.2 Å². The van der Waals surface area contributed by atoms with Crippen LogP contribution in [0.4, 0.5) is 0 Å². The zero-order valence-corrected chi connectivity index (χ0v) is 9.74. The van der Waals surface area contributed by atoms with E-state index in [-0.39, 0.29) is 17.9 Å². The van der Waals surface area contributed by atoms with Crippen molar-refractivity contribution in [3.05, 3.63) is 0 Å². The lowest BCUT2D eigenvalue weighted by atomic mass is 9.86. The van der Waals surface area contributed by atoms with Crippen LogP contribution in [0, 0.1) is 5.92 Å². The predicted octanol–water partition coefficient (Wildman–Crippen LogP) is 0.609. The maximum atomic E-state index is 11.6. The topological polar surface area (TPSA) is 55.6 Å². The van der Waals surface area contributed by atoms with E-state index in [1.165, 1.54) is 0 Å². The molecule has 0 heterocycles. The number of hydrogen-bond acceptors (Lipinski definition) is 4. The largest absolute Gasteiger partial charge is 0.464 e. The highest BCUT2D eigenvalue weighted by molar-refractivity contribution is 5.72. The fraction of sp³-hybridized carbons (Fsp3) is 0.909. The average molecular weight is 214 g/mol. The Hall–Kier alpha value is -0.610. The van der Waals surface area contributed by atoms with Crippen LogP contribution in [0.5, 0.6) is 0 Å². The van der Waals surface area contributed by atoms with Crippen molar-refractivity contribution < 1.29 is 9.53 Å². The van der Waals surface area contributed by atoms with Crippen LogP contribution in [-0.2, 0) is 9.53 Å². The number of ether oxygens (including phenoxy) is 1. The Morgan fingerprint density at radius 1 is 1.33 bits per heavy atom. The van der Waals surface area contributed by atoms with Crippen LogP contribution in [0.25, 0.3) is 0 Å². The first kappa shape index (κ1) is 12.5. The molecule has 1 aliphatic rings. The molecule has 0 spiro atoms. The van der Waals surface area contributed by atoms with Crippen molar-refractivity contribution in [1.29, 1.82) is 0 Å². The summed E-state index contributed by atoms with van der Waals surface area (Å²) in [5.41, 5.74) is 5.78. The molecule has 1 saturated carbocycles. The number of nitrogens with zero attached hydrogens (tertiary/aromatic N) is 1. The van der Waals surface area contributed by atoms with E-state index in [1.807, 2.05) is 19.0 Å². The molecule has 88 valence electrons. The van der Waals surface area contributed by atoms with Crippen molar-refractivity contribution in [2.75, 3.05) is 27.2 Å². The van der Waals surface area contributed by atoms with Gasteiger partial charge < -0.3 is 15.4 Å². The molecule has 4 nitrogen and oxygen atoms in total. The lowest BCUT2D eigenvalue weighted by Gasteiger charge is -2.24. The van der Waals surface area contributed by atoms with Gasteiger partial charge in [0.2, 0.25) is 0 Å². The Kier molecular flexibility index (Phi) is 5.05. The molecule has 0 atom stereocenters. The first-order valence-corrected chi connectivity index (χ1v) is 5.66. The second-order valence-corrected chi connectivity index (χ2v) is 4.58. The van der Waals surface area contributed by atoms with Crippen LogP contribution in [0.1, 0.15) is 25.7 Å². The summed E-state index contributed by atoms with van der Waals surface area (Å²) in [6.07, 6.45) is 3.69. The molecule has 0 aromatic heterocycles. The summed E-state index contributed by atoms with van der Waals surface area (Å²) in [5.74, 6) is 0.0516. The second kappa shape index (κ2) is 6.08. The number of hydrogen-bond donors (Lipinski definition) is 1. The van der Waals surface area contributed by atoms with Gasteiger partial charge in [-0.25, -0.2) is 0 Å². The van der Waals surface area contributed by atoms with E-state index in [1.54, 1.807) is 0 Å². The number of carbonyl (C=O) groups excluding carboxylic acids is 1. The molecule has 1 fully saturated rings. The summed E-state index contributed by atoms with van der Waals surface area (Å²) >= 11 is 0. The molecule has 0 saturated heterocycles. The van der Waals surface area contributed by atoms with Crippen LogP contribution in [0.3, 0.4) is 0 Å². The minimum Gasteiger partial charge on any atom is -0.464 e. The fourth-order valence-electron chi connectivity index (χ4n) is 1.80. The molecule has 0 radical (unpaired) electrons. The van der Waals surface area contributed by atoms with Crippen LogP contribution in [0.15, 0.2) is 0 Å². The molecule has 0 aromatic carbocycles. The van der Waals surface area contributed by atoms with E-state index >= 15 is 0 Å². The molecule has 0 amide bonds. The fourth-order valence-corrected chi connectivity index (χ4v) is 1.80. The van der Waals surface area contributed by atoms with Crippen molar-refractivity contribution in [2.24, 2.45) is 11.7 Å². The standard InChI is InChI=1S/C11H22N2O2/c1-13(2)7-8-15-11(14)9-3-5-10(12)6-4-9/h9-10H,3-8,12H2,1-2H3/t9-,10-. The van der Waals surface area contributed by atoms with Gasteiger partial charge in [-0.1, -0.05) is 0 Å². The summed E-state index contributed by atoms with van der Waals surface area (Å²) in [5, 5.41) is 0. The molecule has 1 rings (SSSR count). The van der Waals surface area contributed by atoms with Gasteiger partial charge in [0, 0.05) is 12.6 Å². The Morgan fingerprint density at radius 2 is 1.93 bits per heavy atom. The zero-order valence-electron chi connectivity index (χ0n) is 9.74. The normalized spacial score (nSPS) is 26.7. The van der Waals surface area contributed by atoms with Gasteiger partial charge >= 0.3 is 5.97 Å².